The summed E-state index contributed by atoms with van der Waals surface area (Å²) in [7, 11) is 0. The van der Waals surface area contributed by atoms with Crippen LogP contribution in [0.25, 0.3) is 0 Å². The van der Waals surface area contributed by atoms with Gasteiger partial charge in [-0.15, -0.1) is 0 Å². The van der Waals surface area contributed by atoms with E-state index >= 15 is 0 Å². The van der Waals surface area contributed by atoms with Crippen LogP contribution in [-0.2, 0) is 9.68 Å². The van der Waals surface area contributed by atoms with E-state index in [1.165, 1.54) is 0 Å². The van der Waals surface area contributed by atoms with Crippen molar-refractivity contribution >= 4 is 11.7 Å². The Balaban J connectivity index is 1.24. The van der Waals surface area contributed by atoms with E-state index in [1.54, 1.807) is 48.5 Å². The molecule has 0 amide bonds. The predicted octanol–water partition coefficient (Wildman–Crippen LogP) is 5.43. The van der Waals surface area contributed by atoms with Crippen LogP contribution in [0.3, 0.4) is 0 Å². The summed E-state index contributed by atoms with van der Waals surface area (Å²) >= 11 is 0. The van der Waals surface area contributed by atoms with Gasteiger partial charge < -0.3 is 35.5 Å². The number of piperidine rings is 1. The van der Waals surface area contributed by atoms with Crippen molar-refractivity contribution in [2.75, 3.05) is 46.1 Å². The Morgan fingerprint density at radius 3 is 1.57 bits per heavy atom. The van der Waals surface area contributed by atoms with Crippen LogP contribution in [0.15, 0.2) is 58.8 Å². The highest BCUT2D eigenvalue weighted by atomic mass is 19.4. The standard InChI is InChI=1S/C29H37F6N5O4/c30-28(31,32)19-43-38-26(36)22-4-8-24(9-5-22)41-17-1-3-21-12-15-40(16-13-21)14-2-18-42-25-10-6-23(7-11-25)27(37)39-44-20-29(33,34)35/h4-11,21H,1-3,12-20H2,(H2,36,38)(H2,37,39). The van der Waals surface area contributed by atoms with Crippen LogP contribution < -0.4 is 20.9 Å². The Hall–Kier alpha value is -3.88. The molecule has 0 spiro atoms. The number of benzene rings is 2. The van der Waals surface area contributed by atoms with Gasteiger partial charge in [0.2, 0.25) is 13.2 Å². The van der Waals surface area contributed by atoms with Gasteiger partial charge in [-0.3, -0.25) is 0 Å². The molecule has 1 aliphatic heterocycles. The summed E-state index contributed by atoms with van der Waals surface area (Å²) in [6.45, 7) is 1.04. The monoisotopic (exact) mass is 633 g/mol. The Morgan fingerprint density at radius 1 is 0.705 bits per heavy atom. The number of rotatable bonds is 16. The number of hydrogen-bond acceptors (Lipinski definition) is 7. The molecule has 1 heterocycles. The van der Waals surface area contributed by atoms with Crippen LogP contribution >= 0.6 is 0 Å². The summed E-state index contributed by atoms with van der Waals surface area (Å²) in [5, 5.41) is 6.57. The minimum Gasteiger partial charge on any atom is -0.494 e. The van der Waals surface area contributed by atoms with Gasteiger partial charge in [-0.05, 0) is 99.6 Å². The van der Waals surface area contributed by atoms with Crippen molar-refractivity contribution in [3.8, 4) is 11.5 Å². The highest BCUT2D eigenvalue weighted by Gasteiger charge is 2.29. The maximum absolute atomic E-state index is 12.1. The van der Waals surface area contributed by atoms with Crippen LogP contribution in [-0.4, -0.2) is 75.0 Å². The third-order valence-electron chi connectivity index (χ3n) is 6.70. The number of ether oxygens (including phenoxy) is 2. The second-order valence-corrected chi connectivity index (χ2v) is 10.3. The molecule has 44 heavy (non-hydrogen) atoms. The van der Waals surface area contributed by atoms with E-state index in [-0.39, 0.29) is 11.7 Å². The molecule has 0 radical (unpaired) electrons. The lowest BCUT2D eigenvalue weighted by molar-refractivity contribution is -0.174. The normalized spacial score (nSPS) is 15.7. The number of alkyl halides is 6. The molecule has 1 saturated heterocycles. The zero-order chi connectivity index (χ0) is 32.0. The number of nitrogens with two attached hydrogens (primary N) is 2. The summed E-state index contributed by atoms with van der Waals surface area (Å²) < 4.78 is 84.4. The molecule has 1 fully saturated rings. The van der Waals surface area contributed by atoms with Gasteiger partial charge in [0.05, 0.1) is 13.2 Å². The van der Waals surface area contributed by atoms with Crippen molar-refractivity contribution in [3.05, 3.63) is 59.7 Å². The quantitative estimate of drug-likeness (QED) is 0.0833. The molecule has 1 aliphatic rings. The predicted molar refractivity (Wildman–Crippen MR) is 152 cm³/mol. The van der Waals surface area contributed by atoms with E-state index < -0.39 is 25.6 Å². The number of hydrogen-bond donors (Lipinski definition) is 2. The highest BCUT2D eigenvalue weighted by Crippen LogP contribution is 2.23. The van der Waals surface area contributed by atoms with E-state index in [0.29, 0.717) is 41.8 Å². The van der Waals surface area contributed by atoms with Crippen LogP contribution in [0.5, 0.6) is 11.5 Å². The minimum absolute atomic E-state index is 0.149. The minimum atomic E-state index is -4.48. The van der Waals surface area contributed by atoms with Crippen molar-refractivity contribution in [1.29, 1.82) is 0 Å². The first-order valence-corrected chi connectivity index (χ1v) is 14.1. The van der Waals surface area contributed by atoms with Crippen LogP contribution in [0.1, 0.15) is 43.2 Å². The molecule has 4 N–H and O–H groups in total. The number of amidine groups is 2. The van der Waals surface area contributed by atoms with Crippen LogP contribution in [0.2, 0.25) is 0 Å². The zero-order valence-corrected chi connectivity index (χ0v) is 24.1. The molecule has 244 valence electrons. The fraction of sp³-hybridized carbons (Fsp3) is 0.517. The van der Waals surface area contributed by atoms with Gasteiger partial charge in [0.1, 0.15) is 11.5 Å². The van der Waals surface area contributed by atoms with Gasteiger partial charge in [-0.1, -0.05) is 10.3 Å². The van der Waals surface area contributed by atoms with Gasteiger partial charge in [-0.25, -0.2) is 0 Å². The molecule has 2 aromatic rings. The van der Waals surface area contributed by atoms with Gasteiger partial charge in [0, 0.05) is 17.7 Å². The zero-order valence-electron chi connectivity index (χ0n) is 24.1. The van der Waals surface area contributed by atoms with Crippen molar-refractivity contribution in [1.82, 2.24) is 4.90 Å². The summed E-state index contributed by atoms with van der Waals surface area (Å²) in [6, 6.07) is 13.2. The van der Waals surface area contributed by atoms with Crippen LogP contribution in [0.4, 0.5) is 26.3 Å². The van der Waals surface area contributed by atoms with E-state index in [9.17, 15) is 26.3 Å². The van der Waals surface area contributed by atoms with Gasteiger partial charge in [0.25, 0.3) is 0 Å². The van der Waals surface area contributed by atoms with Crippen molar-refractivity contribution in [2.24, 2.45) is 27.7 Å². The summed E-state index contributed by atoms with van der Waals surface area (Å²) in [5.74, 6) is 1.60. The van der Waals surface area contributed by atoms with Crippen molar-refractivity contribution < 1.29 is 45.5 Å². The van der Waals surface area contributed by atoms with E-state index in [1.807, 2.05) is 0 Å². The Bertz CT molecular complexity index is 1090. The largest absolute Gasteiger partial charge is 0.494 e. The topological polar surface area (TPSA) is 117 Å². The SMILES string of the molecule is N/C(=N/OCC(F)(F)F)c1ccc(OCCCC2CCN(CCCOc3ccc(/C(N)=N\OCC(F)(F)F)cc3)CC2)cc1. The maximum atomic E-state index is 12.1. The molecule has 0 bridgehead atoms. The lowest BCUT2D eigenvalue weighted by Crippen LogP contribution is -2.35. The average molecular weight is 634 g/mol. The molecule has 0 saturated carbocycles. The third-order valence-corrected chi connectivity index (χ3v) is 6.70. The van der Waals surface area contributed by atoms with E-state index in [0.717, 1.165) is 51.7 Å². The summed E-state index contributed by atoms with van der Waals surface area (Å²) in [6.07, 6.45) is -3.91. The Kier molecular flexibility index (Phi) is 13.2. The molecule has 0 aromatic heterocycles. The first-order chi connectivity index (χ1) is 20.9. The third kappa shape index (κ3) is 13.6. The second-order valence-electron chi connectivity index (χ2n) is 10.3. The summed E-state index contributed by atoms with van der Waals surface area (Å²) in [5.41, 5.74) is 12.2. The number of oxime groups is 2. The summed E-state index contributed by atoms with van der Waals surface area (Å²) in [4.78, 5) is 10.9. The molecule has 0 aliphatic carbocycles. The average Bonchev–Trinajstić information content (AvgIpc) is 2.97. The fourth-order valence-corrected chi connectivity index (χ4v) is 4.44. The first kappa shape index (κ1) is 34.6. The molecule has 3 rings (SSSR count). The van der Waals surface area contributed by atoms with Crippen LogP contribution in [0, 0.1) is 5.92 Å². The number of likely N-dealkylation sites (tertiary alicyclic amines) is 1. The molecule has 0 atom stereocenters. The number of nitrogens with zero attached hydrogens (tertiary/aromatic N) is 3. The Labute approximate surface area is 251 Å². The number of halogens is 6. The van der Waals surface area contributed by atoms with Gasteiger partial charge in [0.15, 0.2) is 11.7 Å². The van der Waals surface area contributed by atoms with Crippen molar-refractivity contribution in [2.45, 2.75) is 44.5 Å². The lowest BCUT2D eigenvalue weighted by Gasteiger charge is -2.32. The molecular formula is C29H37F6N5O4. The molecule has 2 aromatic carbocycles. The molecule has 9 nitrogen and oxygen atoms in total. The fourth-order valence-electron chi connectivity index (χ4n) is 4.44. The van der Waals surface area contributed by atoms with E-state index in [2.05, 4.69) is 24.9 Å². The first-order valence-electron chi connectivity index (χ1n) is 14.1. The van der Waals surface area contributed by atoms with E-state index in [4.69, 9.17) is 20.9 Å². The molecule has 15 heteroatoms. The van der Waals surface area contributed by atoms with Gasteiger partial charge in [-0.2, -0.15) is 26.3 Å². The highest BCUT2D eigenvalue weighted by molar-refractivity contribution is 5.97. The molecular weight excluding hydrogens is 596 g/mol. The Morgan fingerprint density at radius 2 is 1.14 bits per heavy atom. The maximum Gasteiger partial charge on any atom is 0.425 e. The van der Waals surface area contributed by atoms with Crippen molar-refractivity contribution in [3.63, 3.8) is 0 Å². The lowest BCUT2D eigenvalue weighted by atomic mass is 9.92. The second kappa shape index (κ2) is 16.8. The smallest absolute Gasteiger partial charge is 0.425 e. The van der Waals surface area contributed by atoms with Gasteiger partial charge >= 0.3 is 12.4 Å². The molecule has 0 unspecified atom stereocenters.